The van der Waals surface area contributed by atoms with Crippen LogP contribution in [0.25, 0.3) is 0 Å². The van der Waals surface area contributed by atoms with E-state index >= 15 is 0 Å². The first-order chi connectivity index (χ1) is 9.26. The largest absolute Gasteiger partial charge is 0.493 e. The molecule has 1 aromatic rings. The van der Waals surface area contributed by atoms with E-state index < -0.39 is 0 Å². The van der Waals surface area contributed by atoms with E-state index in [-0.39, 0.29) is 0 Å². The number of methoxy groups -OCH3 is 2. The molecule has 0 aliphatic carbocycles. The van der Waals surface area contributed by atoms with Crippen molar-refractivity contribution in [1.82, 2.24) is 4.90 Å². The Bertz CT molecular complexity index is 411. The Morgan fingerprint density at radius 1 is 1.26 bits per heavy atom. The van der Waals surface area contributed by atoms with Crippen molar-refractivity contribution in [2.24, 2.45) is 5.92 Å². The summed E-state index contributed by atoms with van der Waals surface area (Å²) in [5, 5.41) is 0. The summed E-state index contributed by atoms with van der Waals surface area (Å²) in [6.45, 7) is 3.29. The SMILES string of the molecule is COc1ccc(CN2CCC(CCCl)C2)cc1OC. The quantitative estimate of drug-likeness (QED) is 0.749. The number of hydrogen-bond acceptors (Lipinski definition) is 3. The van der Waals surface area contributed by atoms with Gasteiger partial charge in [-0.3, -0.25) is 4.90 Å². The molecule has 1 aliphatic rings. The van der Waals surface area contributed by atoms with Gasteiger partial charge in [0.05, 0.1) is 14.2 Å². The zero-order valence-corrected chi connectivity index (χ0v) is 12.4. The lowest BCUT2D eigenvalue weighted by Gasteiger charge is -2.17. The Morgan fingerprint density at radius 2 is 2.05 bits per heavy atom. The lowest BCUT2D eigenvalue weighted by molar-refractivity contribution is 0.313. The molecule has 0 radical (unpaired) electrons. The van der Waals surface area contributed by atoms with Crippen molar-refractivity contribution in [1.29, 1.82) is 0 Å². The van der Waals surface area contributed by atoms with Gasteiger partial charge in [-0.25, -0.2) is 0 Å². The summed E-state index contributed by atoms with van der Waals surface area (Å²) in [5.41, 5.74) is 1.27. The van der Waals surface area contributed by atoms with Gasteiger partial charge in [0.15, 0.2) is 11.5 Å². The van der Waals surface area contributed by atoms with E-state index in [0.717, 1.165) is 49.4 Å². The van der Waals surface area contributed by atoms with Crippen LogP contribution in [-0.4, -0.2) is 38.1 Å². The monoisotopic (exact) mass is 283 g/mol. The van der Waals surface area contributed by atoms with Gasteiger partial charge in [0.25, 0.3) is 0 Å². The van der Waals surface area contributed by atoms with Gasteiger partial charge in [-0.05, 0) is 43.0 Å². The number of alkyl halides is 1. The maximum absolute atomic E-state index is 5.81. The second kappa shape index (κ2) is 7.01. The van der Waals surface area contributed by atoms with Crippen molar-refractivity contribution in [2.75, 3.05) is 33.2 Å². The Balaban J connectivity index is 1.96. The molecule has 1 aliphatic heterocycles. The van der Waals surface area contributed by atoms with Gasteiger partial charge < -0.3 is 9.47 Å². The van der Waals surface area contributed by atoms with Gasteiger partial charge in [0.2, 0.25) is 0 Å². The van der Waals surface area contributed by atoms with Gasteiger partial charge in [-0.1, -0.05) is 6.07 Å². The van der Waals surface area contributed by atoms with E-state index in [4.69, 9.17) is 21.1 Å². The maximum atomic E-state index is 5.81. The summed E-state index contributed by atoms with van der Waals surface area (Å²) >= 11 is 5.81. The minimum Gasteiger partial charge on any atom is -0.493 e. The van der Waals surface area contributed by atoms with Crippen molar-refractivity contribution in [3.63, 3.8) is 0 Å². The number of benzene rings is 1. The fourth-order valence-corrected chi connectivity index (χ4v) is 2.99. The zero-order chi connectivity index (χ0) is 13.7. The van der Waals surface area contributed by atoms with Crippen LogP contribution in [0.15, 0.2) is 18.2 Å². The Labute approximate surface area is 120 Å². The smallest absolute Gasteiger partial charge is 0.161 e. The van der Waals surface area contributed by atoms with Gasteiger partial charge in [-0.15, -0.1) is 11.6 Å². The molecule has 1 fully saturated rings. The molecule has 1 saturated heterocycles. The molecule has 106 valence electrons. The molecule has 0 spiro atoms. The molecule has 1 atom stereocenters. The number of likely N-dealkylation sites (tertiary alicyclic amines) is 1. The van der Waals surface area contributed by atoms with E-state index in [2.05, 4.69) is 17.0 Å². The number of hydrogen-bond donors (Lipinski definition) is 0. The van der Waals surface area contributed by atoms with Crippen molar-refractivity contribution in [3.05, 3.63) is 23.8 Å². The third-order valence-electron chi connectivity index (χ3n) is 3.74. The highest BCUT2D eigenvalue weighted by atomic mass is 35.5. The van der Waals surface area contributed by atoms with Crippen molar-refractivity contribution < 1.29 is 9.47 Å². The second-order valence-corrected chi connectivity index (χ2v) is 5.43. The Hall–Kier alpha value is -0.930. The molecule has 0 N–H and O–H groups in total. The summed E-state index contributed by atoms with van der Waals surface area (Å²) in [7, 11) is 3.34. The molecule has 3 nitrogen and oxygen atoms in total. The Kier molecular flexibility index (Phi) is 5.34. The summed E-state index contributed by atoms with van der Waals surface area (Å²) in [6, 6.07) is 6.14. The lowest BCUT2D eigenvalue weighted by Crippen LogP contribution is -2.20. The number of rotatable bonds is 6. The van der Waals surface area contributed by atoms with E-state index in [9.17, 15) is 0 Å². The van der Waals surface area contributed by atoms with Crippen molar-refractivity contribution >= 4 is 11.6 Å². The highest BCUT2D eigenvalue weighted by molar-refractivity contribution is 6.17. The summed E-state index contributed by atoms with van der Waals surface area (Å²) in [5.74, 6) is 3.12. The highest BCUT2D eigenvalue weighted by Gasteiger charge is 2.22. The zero-order valence-electron chi connectivity index (χ0n) is 11.7. The standard InChI is InChI=1S/C15H22ClNO2/c1-18-14-4-3-13(9-15(14)19-2)11-17-8-6-12(10-17)5-7-16/h3-4,9,12H,5-8,10-11H2,1-2H3. The predicted molar refractivity (Wildman–Crippen MR) is 78.3 cm³/mol. The minimum absolute atomic E-state index is 0.762. The molecule has 0 saturated carbocycles. The molecule has 19 heavy (non-hydrogen) atoms. The predicted octanol–water partition coefficient (Wildman–Crippen LogP) is 3.15. The van der Waals surface area contributed by atoms with Crippen LogP contribution in [0.5, 0.6) is 11.5 Å². The van der Waals surface area contributed by atoms with Crippen LogP contribution in [0.4, 0.5) is 0 Å². The van der Waals surface area contributed by atoms with Crippen LogP contribution in [0, 0.1) is 5.92 Å². The maximum Gasteiger partial charge on any atom is 0.161 e. The fraction of sp³-hybridized carbons (Fsp3) is 0.600. The van der Waals surface area contributed by atoms with Crippen LogP contribution >= 0.6 is 11.6 Å². The van der Waals surface area contributed by atoms with E-state index in [1.807, 2.05) is 6.07 Å². The normalized spacial score (nSPS) is 19.6. The van der Waals surface area contributed by atoms with Gasteiger partial charge in [0.1, 0.15) is 0 Å². The molecule has 0 aromatic heterocycles. The Morgan fingerprint density at radius 3 is 2.74 bits per heavy atom. The van der Waals surface area contributed by atoms with E-state index in [1.165, 1.54) is 12.0 Å². The number of ether oxygens (including phenoxy) is 2. The molecule has 4 heteroatoms. The van der Waals surface area contributed by atoms with Crippen molar-refractivity contribution in [2.45, 2.75) is 19.4 Å². The van der Waals surface area contributed by atoms with E-state index in [0.29, 0.717) is 0 Å². The van der Waals surface area contributed by atoms with Gasteiger partial charge in [-0.2, -0.15) is 0 Å². The van der Waals surface area contributed by atoms with Crippen LogP contribution in [-0.2, 0) is 6.54 Å². The van der Waals surface area contributed by atoms with Crippen LogP contribution < -0.4 is 9.47 Å². The molecular formula is C15H22ClNO2. The molecule has 1 unspecified atom stereocenters. The average molecular weight is 284 g/mol. The first-order valence-electron chi connectivity index (χ1n) is 6.76. The van der Waals surface area contributed by atoms with Gasteiger partial charge in [0, 0.05) is 19.0 Å². The van der Waals surface area contributed by atoms with Crippen LogP contribution in [0.1, 0.15) is 18.4 Å². The minimum atomic E-state index is 0.762. The third kappa shape index (κ3) is 3.77. The molecule has 0 amide bonds. The second-order valence-electron chi connectivity index (χ2n) is 5.06. The average Bonchev–Trinajstić information content (AvgIpc) is 2.86. The van der Waals surface area contributed by atoms with Gasteiger partial charge >= 0.3 is 0 Å². The molecular weight excluding hydrogens is 262 g/mol. The topological polar surface area (TPSA) is 21.7 Å². The third-order valence-corrected chi connectivity index (χ3v) is 3.96. The summed E-state index contributed by atoms with van der Waals surface area (Å²) in [4.78, 5) is 2.48. The summed E-state index contributed by atoms with van der Waals surface area (Å²) < 4.78 is 10.6. The number of nitrogens with zero attached hydrogens (tertiary/aromatic N) is 1. The molecule has 1 aromatic carbocycles. The highest BCUT2D eigenvalue weighted by Crippen LogP contribution is 2.29. The van der Waals surface area contributed by atoms with E-state index in [1.54, 1.807) is 14.2 Å². The summed E-state index contributed by atoms with van der Waals surface area (Å²) in [6.07, 6.45) is 2.39. The van der Waals surface area contributed by atoms with Crippen molar-refractivity contribution in [3.8, 4) is 11.5 Å². The first-order valence-corrected chi connectivity index (χ1v) is 7.29. The fourth-order valence-electron chi connectivity index (χ4n) is 2.68. The lowest BCUT2D eigenvalue weighted by atomic mass is 10.1. The van der Waals surface area contributed by atoms with Crippen LogP contribution in [0.3, 0.4) is 0 Å². The molecule has 0 bridgehead atoms. The first kappa shape index (κ1) is 14.5. The number of halogens is 1. The van der Waals surface area contributed by atoms with Crippen LogP contribution in [0.2, 0.25) is 0 Å². The molecule has 2 rings (SSSR count). The molecule has 1 heterocycles.